The average Bonchev–Trinajstić information content (AvgIpc) is 3.05. The number of hydrogen-bond donors (Lipinski definition) is 3. The van der Waals surface area contributed by atoms with Crippen LogP contribution in [0.15, 0.2) is 42.7 Å². The van der Waals surface area contributed by atoms with E-state index < -0.39 is 0 Å². The fourth-order valence-corrected chi connectivity index (χ4v) is 2.25. The number of carbonyl (C=O) groups is 1. The van der Waals surface area contributed by atoms with Gasteiger partial charge in [-0.3, -0.25) is 4.79 Å². The number of H-pyrrole nitrogens is 1. The number of nitrogens with two attached hydrogens (primary N) is 1. The van der Waals surface area contributed by atoms with Crippen LogP contribution in [0, 0.1) is 0 Å². The van der Waals surface area contributed by atoms with Crippen molar-refractivity contribution in [1.82, 2.24) is 15.3 Å². The van der Waals surface area contributed by atoms with Crippen molar-refractivity contribution in [2.24, 2.45) is 5.73 Å². The van der Waals surface area contributed by atoms with Crippen molar-refractivity contribution in [3.8, 4) is 0 Å². The maximum atomic E-state index is 12.0. The zero-order valence-electron chi connectivity index (χ0n) is 12.3. The number of rotatable bonds is 7. The zero-order valence-corrected chi connectivity index (χ0v) is 12.3. The molecule has 0 aliphatic heterocycles. The van der Waals surface area contributed by atoms with E-state index in [-0.39, 0.29) is 18.0 Å². The normalized spacial score (nSPS) is 13.6. The first-order chi connectivity index (χ1) is 10.2. The van der Waals surface area contributed by atoms with Crippen LogP contribution in [-0.4, -0.2) is 15.9 Å². The summed E-state index contributed by atoms with van der Waals surface area (Å²) < 4.78 is 0. The van der Waals surface area contributed by atoms with Crippen molar-refractivity contribution >= 4 is 5.91 Å². The summed E-state index contributed by atoms with van der Waals surface area (Å²) in [4.78, 5) is 19.3. The summed E-state index contributed by atoms with van der Waals surface area (Å²) >= 11 is 0. The number of imidazole rings is 1. The van der Waals surface area contributed by atoms with Gasteiger partial charge < -0.3 is 16.0 Å². The number of nitrogens with zero attached hydrogens (tertiary/aromatic N) is 1. The molecule has 1 amide bonds. The molecule has 0 bridgehead atoms. The van der Waals surface area contributed by atoms with E-state index in [4.69, 9.17) is 5.73 Å². The predicted octanol–water partition coefficient (Wildman–Crippen LogP) is 2.46. The highest BCUT2D eigenvalue weighted by Gasteiger charge is 2.15. The summed E-state index contributed by atoms with van der Waals surface area (Å²) in [6.45, 7) is 2.02. The number of benzene rings is 1. The second-order valence-corrected chi connectivity index (χ2v) is 5.06. The molecule has 4 N–H and O–H groups in total. The summed E-state index contributed by atoms with van der Waals surface area (Å²) in [7, 11) is 0. The van der Waals surface area contributed by atoms with Gasteiger partial charge in [0.1, 0.15) is 5.82 Å². The van der Waals surface area contributed by atoms with Crippen LogP contribution in [0.25, 0.3) is 0 Å². The van der Waals surface area contributed by atoms with Crippen LogP contribution >= 0.6 is 0 Å². The maximum absolute atomic E-state index is 12.0. The first-order valence-corrected chi connectivity index (χ1v) is 7.30. The molecule has 2 unspecified atom stereocenters. The lowest BCUT2D eigenvalue weighted by atomic mass is 10.0. The fraction of sp³-hybridized carbons (Fsp3) is 0.375. The van der Waals surface area contributed by atoms with E-state index in [0.717, 1.165) is 17.8 Å². The van der Waals surface area contributed by atoms with Crippen LogP contribution in [0.1, 0.15) is 49.7 Å². The van der Waals surface area contributed by atoms with Gasteiger partial charge in [-0.25, -0.2) is 4.98 Å². The van der Waals surface area contributed by atoms with Crippen LogP contribution in [0.4, 0.5) is 0 Å². The fourth-order valence-electron chi connectivity index (χ4n) is 2.25. The molecule has 1 heterocycles. The molecule has 1 aromatic carbocycles. The molecule has 2 atom stereocenters. The van der Waals surface area contributed by atoms with Gasteiger partial charge in [0.25, 0.3) is 0 Å². The summed E-state index contributed by atoms with van der Waals surface area (Å²) in [5.41, 5.74) is 7.16. The Balaban J connectivity index is 1.82. The van der Waals surface area contributed by atoms with Crippen LogP contribution in [-0.2, 0) is 4.79 Å². The number of aromatic amines is 1. The van der Waals surface area contributed by atoms with Crippen molar-refractivity contribution in [3.05, 3.63) is 54.1 Å². The molecule has 2 aromatic rings. The Hall–Kier alpha value is -2.14. The smallest absolute Gasteiger partial charge is 0.220 e. The van der Waals surface area contributed by atoms with Gasteiger partial charge in [-0.05, 0) is 18.4 Å². The number of hydrogen-bond acceptors (Lipinski definition) is 3. The van der Waals surface area contributed by atoms with Gasteiger partial charge in [-0.2, -0.15) is 0 Å². The van der Waals surface area contributed by atoms with E-state index in [1.165, 1.54) is 0 Å². The standard InChI is InChI=1S/C16H22N4O/c1-2-14(16-18-10-11-19-16)20-15(21)9-8-13(17)12-6-4-3-5-7-12/h3-7,10-11,13-14H,2,8-9,17H2,1H3,(H,18,19)(H,20,21). The number of nitrogens with one attached hydrogen (secondary N) is 2. The molecule has 0 saturated carbocycles. The van der Waals surface area contributed by atoms with Gasteiger partial charge in [0.15, 0.2) is 0 Å². The minimum Gasteiger partial charge on any atom is -0.347 e. The lowest BCUT2D eigenvalue weighted by molar-refractivity contribution is -0.122. The molecule has 0 saturated heterocycles. The Morgan fingerprint density at radius 2 is 2.14 bits per heavy atom. The minimum atomic E-state index is -0.111. The minimum absolute atomic E-state index is 0.00429. The van der Waals surface area contributed by atoms with E-state index in [1.807, 2.05) is 37.3 Å². The van der Waals surface area contributed by atoms with Gasteiger partial charge in [0.05, 0.1) is 6.04 Å². The van der Waals surface area contributed by atoms with Gasteiger partial charge in [0, 0.05) is 24.9 Å². The van der Waals surface area contributed by atoms with Crippen molar-refractivity contribution in [3.63, 3.8) is 0 Å². The van der Waals surface area contributed by atoms with Crippen LogP contribution < -0.4 is 11.1 Å². The summed E-state index contributed by atoms with van der Waals surface area (Å²) in [5.74, 6) is 0.794. The van der Waals surface area contributed by atoms with Crippen molar-refractivity contribution in [2.75, 3.05) is 0 Å². The van der Waals surface area contributed by atoms with Crippen LogP contribution in [0.3, 0.4) is 0 Å². The number of aromatic nitrogens is 2. The molecule has 21 heavy (non-hydrogen) atoms. The van der Waals surface area contributed by atoms with Crippen molar-refractivity contribution in [1.29, 1.82) is 0 Å². The predicted molar refractivity (Wildman–Crippen MR) is 82.4 cm³/mol. The van der Waals surface area contributed by atoms with Crippen molar-refractivity contribution < 1.29 is 4.79 Å². The highest BCUT2D eigenvalue weighted by atomic mass is 16.1. The third-order valence-electron chi connectivity index (χ3n) is 3.50. The van der Waals surface area contributed by atoms with Gasteiger partial charge in [0.2, 0.25) is 5.91 Å². The topological polar surface area (TPSA) is 83.8 Å². The van der Waals surface area contributed by atoms with E-state index in [0.29, 0.717) is 12.8 Å². The van der Waals surface area contributed by atoms with Crippen LogP contribution in [0.2, 0.25) is 0 Å². The number of carbonyl (C=O) groups excluding carboxylic acids is 1. The lowest BCUT2D eigenvalue weighted by Crippen LogP contribution is -2.29. The highest BCUT2D eigenvalue weighted by molar-refractivity contribution is 5.76. The second-order valence-electron chi connectivity index (χ2n) is 5.06. The largest absolute Gasteiger partial charge is 0.347 e. The summed E-state index contributed by atoms with van der Waals surface area (Å²) in [6, 6.07) is 9.66. The Morgan fingerprint density at radius 1 is 1.38 bits per heavy atom. The van der Waals surface area contributed by atoms with Gasteiger partial charge >= 0.3 is 0 Å². The molecular weight excluding hydrogens is 264 g/mol. The molecule has 0 spiro atoms. The van der Waals surface area contributed by atoms with Crippen molar-refractivity contribution in [2.45, 2.75) is 38.3 Å². The van der Waals surface area contributed by atoms with E-state index in [1.54, 1.807) is 12.4 Å². The first-order valence-electron chi connectivity index (χ1n) is 7.30. The Labute approximate surface area is 125 Å². The average molecular weight is 286 g/mol. The molecule has 5 heteroatoms. The molecule has 1 aromatic heterocycles. The van der Waals surface area contributed by atoms with E-state index >= 15 is 0 Å². The molecule has 112 valence electrons. The van der Waals surface area contributed by atoms with Gasteiger partial charge in [-0.1, -0.05) is 37.3 Å². The monoisotopic (exact) mass is 286 g/mol. The molecule has 0 radical (unpaired) electrons. The molecule has 5 nitrogen and oxygen atoms in total. The molecule has 2 rings (SSSR count). The molecular formula is C16H22N4O. The Morgan fingerprint density at radius 3 is 2.76 bits per heavy atom. The third-order valence-corrected chi connectivity index (χ3v) is 3.50. The van der Waals surface area contributed by atoms with E-state index in [9.17, 15) is 4.79 Å². The molecule has 0 aliphatic carbocycles. The first kappa shape index (κ1) is 15.3. The maximum Gasteiger partial charge on any atom is 0.220 e. The van der Waals surface area contributed by atoms with Crippen LogP contribution in [0.5, 0.6) is 0 Å². The Kier molecular flexibility index (Phi) is 5.51. The SMILES string of the molecule is CCC(NC(=O)CCC(N)c1ccccc1)c1ncc[nH]1. The highest BCUT2D eigenvalue weighted by Crippen LogP contribution is 2.16. The van der Waals surface area contributed by atoms with E-state index in [2.05, 4.69) is 15.3 Å². The molecule has 0 fully saturated rings. The third kappa shape index (κ3) is 4.43. The summed E-state index contributed by atoms with van der Waals surface area (Å²) in [5, 5.41) is 2.99. The summed E-state index contributed by atoms with van der Waals surface area (Å²) in [6.07, 6.45) is 5.28. The Bertz CT molecular complexity index is 539. The van der Waals surface area contributed by atoms with Gasteiger partial charge in [-0.15, -0.1) is 0 Å². The zero-order chi connectivity index (χ0) is 15.1. The molecule has 0 aliphatic rings. The lowest BCUT2D eigenvalue weighted by Gasteiger charge is -2.16. The quantitative estimate of drug-likeness (QED) is 0.731. The second kappa shape index (κ2) is 7.59. The number of amides is 1.